The molecule has 0 aliphatic heterocycles. The molecule has 14 heavy (non-hydrogen) atoms. The lowest BCUT2D eigenvalue weighted by Gasteiger charge is -2.32. The van der Waals surface area contributed by atoms with Crippen LogP contribution in [0.3, 0.4) is 0 Å². The molecule has 84 valence electrons. The highest BCUT2D eigenvalue weighted by Gasteiger charge is 2.24. The molecular formula is C12H25NO. The SMILES string of the molecule is COCCNCC1CC(C)CCC1C. The van der Waals surface area contributed by atoms with Crippen LogP contribution in [-0.2, 0) is 4.74 Å². The van der Waals surface area contributed by atoms with Gasteiger partial charge < -0.3 is 10.1 Å². The van der Waals surface area contributed by atoms with E-state index in [2.05, 4.69) is 19.2 Å². The molecule has 0 amide bonds. The van der Waals surface area contributed by atoms with Crippen molar-refractivity contribution < 1.29 is 4.74 Å². The summed E-state index contributed by atoms with van der Waals surface area (Å²) in [7, 11) is 1.76. The fourth-order valence-electron chi connectivity index (χ4n) is 2.40. The summed E-state index contributed by atoms with van der Waals surface area (Å²) in [6, 6.07) is 0. The third kappa shape index (κ3) is 3.97. The van der Waals surface area contributed by atoms with Crippen LogP contribution in [0, 0.1) is 17.8 Å². The quantitative estimate of drug-likeness (QED) is 0.686. The van der Waals surface area contributed by atoms with Gasteiger partial charge in [-0.05, 0) is 30.7 Å². The zero-order valence-electron chi connectivity index (χ0n) is 9.88. The number of hydrogen-bond donors (Lipinski definition) is 1. The Hall–Kier alpha value is -0.0800. The van der Waals surface area contributed by atoms with E-state index in [1.165, 1.54) is 25.8 Å². The normalized spacial score (nSPS) is 33.2. The zero-order chi connectivity index (χ0) is 10.4. The topological polar surface area (TPSA) is 21.3 Å². The van der Waals surface area contributed by atoms with E-state index in [-0.39, 0.29) is 0 Å². The molecule has 2 nitrogen and oxygen atoms in total. The van der Waals surface area contributed by atoms with Gasteiger partial charge in [-0.15, -0.1) is 0 Å². The first-order chi connectivity index (χ1) is 6.74. The Labute approximate surface area is 88.4 Å². The van der Waals surface area contributed by atoms with Crippen LogP contribution in [0.1, 0.15) is 33.1 Å². The summed E-state index contributed by atoms with van der Waals surface area (Å²) in [6.07, 6.45) is 4.24. The summed E-state index contributed by atoms with van der Waals surface area (Å²) >= 11 is 0. The third-order valence-electron chi connectivity index (χ3n) is 3.51. The lowest BCUT2D eigenvalue weighted by atomic mass is 9.75. The summed E-state index contributed by atoms with van der Waals surface area (Å²) < 4.78 is 5.02. The van der Waals surface area contributed by atoms with Crippen LogP contribution >= 0.6 is 0 Å². The van der Waals surface area contributed by atoms with Gasteiger partial charge in [0, 0.05) is 13.7 Å². The Bertz CT molecular complexity index is 149. The van der Waals surface area contributed by atoms with E-state index in [1.807, 2.05) is 0 Å². The molecule has 1 N–H and O–H groups in total. The van der Waals surface area contributed by atoms with Crippen LogP contribution in [0.2, 0.25) is 0 Å². The number of nitrogens with one attached hydrogen (secondary N) is 1. The second-order valence-electron chi connectivity index (χ2n) is 4.85. The average molecular weight is 199 g/mol. The van der Waals surface area contributed by atoms with Crippen molar-refractivity contribution in [3.8, 4) is 0 Å². The number of rotatable bonds is 5. The van der Waals surface area contributed by atoms with E-state index in [0.717, 1.165) is 30.9 Å². The fourth-order valence-corrected chi connectivity index (χ4v) is 2.40. The summed E-state index contributed by atoms with van der Waals surface area (Å²) in [5, 5.41) is 3.48. The molecule has 0 aromatic rings. The van der Waals surface area contributed by atoms with Crippen LogP contribution in [0.25, 0.3) is 0 Å². The van der Waals surface area contributed by atoms with Crippen molar-refractivity contribution in [3.05, 3.63) is 0 Å². The Morgan fingerprint density at radius 3 is 2.79 bits per heavy atom. The number of methoxy groups -OCH3 is 1. The van der Waals surface area contributed by atoms with Gasteiger partial charge in [0.25, 0.3) is 0 Å². The summed E-state index contributed by atoms with van der Waals surface area (Å²) in [5.74, 6) is 2.72. The number of ether oxygens (including phenoxy) is 1. The van der Waals surface area contributed by atoms with Crippen molar-refractivity contribution in [2.45, 2.75) is 33.1 Å². The molecular weight excluding hydrogens is 174 g/mol. The molecule has 0 aromatic heterocycles. The molecule has 0 heterocycles. The van der Waals surface area contributed by atoms with Gasteiger partial charge in [0.05, 0.1) is 6.61 Å². The maximum absolute atomic E-state index is 5.02. The maximum Gasteiger partial charge on any atom is 0.0587 e. The van der Waals surface area contributed by atoms with Crippen molar-refractivity contribution in [2.75, 3.05) is 26.8 Å². The molecule has 3 unspecified atom stereocenters. The van der Waals surface area contributed by atoms with Gasteiger partial charge in [0.1, 0.15) is 0 Å². The molecule has 0 bridgehead atoms. The highest BCUT2D eigenvalue weighted by atomic mass is 16.5. The van der Waals surface area contributed by atoms with E-state index in [4.69, 9.17) is 4.74 Å². The number of hydrogen-bond acceptors (Lipinski definition) is 2. The maximum atomic E-state index is 5.02. The largest absolute Gasteiger partial charge is 0.383 e. The molecule has 1 aliphatic rings. The Morgan fingerprint density at radius 1 is 1.29 bits per heavy atom. The predicted molar refractivity (Wildman–Crippen MR) is 60.4 cm³/mol. The minimum absolute atomic E-state index is 0.830. The third-order valence-corrected chi connectivity index (χ3v) is 3.51. The highest BCUT2D eigenvalue weighted by molar-refractivity contribution is 4.77. The van der Waals surface area contributed by atoms with Gasteiger partial charge in [-0.25, -0.2) is 0 Å². The summed E-state index contributed by atoms with van der Waals surface area (Å²) in [5.41, 5.74) is 0. The van der Waals surface area contributed by atoms with Crippen molar-refractivity contribution in [1.29, 1.82) is 0 Å². The second-order valence-corrected chi connectivity index (χ2v) is 4.85. The van der Waals surface area contributed by atoms with Gasteiger partial charge >= 0.3 is 0 Å². The smallest absolute Gasteiger partial charge is 0.0587 e. The van der Waals surface area contributed by atoms with Crippen molar-refractivity contribution in [3.63, 3.8) is 0 Å². The first-order valence-corrected chi connectivity index (χ1v) is 5.93. The Morgan fingerprint density at radius 2 is 2.07 bits per heavy atom. The van der Waals surface area contributed by atoms with Crippen molar-refractivity contribution >= 4 is 0 Å². The molecule has 0 aromatic carbocycles. The first-order valence-electron chi connectivity index (χ1n) is 5.93. The fraction of sp³-hybridized carbons (Fsp3) is 1.00. The standard InChI is InChI=1S/C12H25NO/c1-10-4-5-11(2)12(8-10)9-13-6-7-14-3/h10-13H,4-9H2,1-3H3. The molecule has 1 aliphatic carbocycles. The molecule has 0 spiro atoms. The summed E-state index contributed by atoms with van der Waals surface area (Å²) in [6.45, 7) is 7.78. The minimum atomic E-state index is 0.830. The van der Waals surface area contributed by atoms with Crippen LogP contribution in [0.5, 0.6) is 0 Å². The van der Waals surface area contributed by atoms with Crippen LogP contribution in [0.15, 0.2) is 0 Å². The van der Waals surface area contributed by atoms with E-state index in [9.17, 15) is 0 Å². The lowest BCUT2D eigenvalue weighted by molar-refractivity contribution is 0.177. The molecule has 0 radical (unpaired) electrons. The summed E-state index contributed by atoms with van der Waals surface area (Å²) in [4.78, 5) is 0. The molecule has 0 saturated heterocycles. The first kappa shape index (κ1) is 12.0. The van der Waals surface area contributed by atoms with Gasteiger partial charge in [-0.3, -0.25) is 0 Å². The van der Waals surface area contributed by atoms with Crippen molar-refractivity contribution in [1.82, 2.24) is 5.32 Å². The van der Waals surface area contributed by atoms with E-state index >= 15 is 0 Å². The van der Waals surface area contributed by atoms with E-state index in [0.29, 0.717) is 0 Å². The van der Waals surface area contributed by atoms with Gasteiger partial charge in [-0.2, -0.15) is 0 Å². The molecule has 3 atom stereocenters. The van der Waals surface area contributed by atoms with E-state index < -0.39 is 0 Å². The van der Waals surface area contributed by atoms with Gasteiger partial charge in [0.15, 0.2) is 0 Å². The highest BCUT2D eigenvalue weighted by Crippen LogP contribution is 2.32. The second kappa shape index (κ2) is 6.41. The monoisotopic (exact) mass is 199 g/mol. The molecule has 1 fully saturated rings. The zero-order valence-corrected chi connectivity index (χ0v) is 9.88. The van der Waals surface area contributed by atoms with E-state index in [1.54, 1.807) is 7.11 Å². The van der Waals surface area contributed by atoms with Crippen LogP contribution in [0.4, 0.5) is 0 Å². The molecule has 1 rings (SSSR count). The molecule has 2 heteroatoms. The minimum Gasteiger partial charge on any atom is -0.383 e. The predicted octanol–water partition coefficient (Wildman–Crippen LogP) is 2.29. The van der Waals surface area contributed by atoms with Crippen LogP contribution in [-0.4, -0.2) is 26.8 Å². The van der Waals surface area contributed by atoms with Crippen molar-refractivity contribution in [2.24, 2.45) is 17.8 Å². The Kier molecular flexibility index (Phi) is 5.49. The average Bonchev–Trinajstić information content (AvgIpc) is 2.18. The molecule has 1 saturated carbocycles. The Balaban J connectivity index is 2.14. The van der Waals surface area contributed by atoms with Gasteiger partial charge in [-0.1, -0.05) is 26.7 Å². The van der Waals surface area contributed by atoms with Crippen LogP contribution < -0.4 is 5.32 Å². The van der Waals surface area contributed by atoms with Gasteiger partial charge in [0.2, 0.25) is 0 Å². The lowest BCUT2D eigenvalue weighted by Crippen LogP contribution is -2.33.